The number of hydrogen-bond acceptors (Lipinski definition) is 3. The summed E-state index contributed by atoms with van der Waals surface area (Å²) in [5, 5.41) is 9.53. The molecule has 3 rings (SSSR count). The molecule has 27 heavy (non-hydrogen) atoms. The highest BCUT2D eigenvalue weighted by atomic mass is 35.5. The number of nitrogens with zero attached hydrogens (tertiary/aromatic N) is 4. The van der Waals surface area contributed by atoms with E-state index in [-0.39, 0.29) is 0 Å². The van der Waals surface area contributed by atoms with E-state index in [1.807, 2.05) is 30.3 Å². The first-order chi connectivity index (χ1) is 13.2. The first-order valence-corrected chi connectivity index (χ1v) is 9.57. The molecular formula is C21H21Cl2N4+. The summed E-state index contributed by atoms with van der Waals surface area (Å²) in [5.41, 5.74) is 2.54. The van der Waals surface area contributed by atoms with Crippen LogP contribution in [0, 0.1) is 0 Å². The summed E-state index contributed by atoms with van der Waals surface area (Å²) < 4.78 is 2.18. The first kappa shape index (κ1) is 19.3. The van der Waals surface area contributed by atoms with Crippen LogP contribution >= 0.6 is 23.2 Å². The minimum atomic E-state index is 0.485. The molecule has 0 aliphatic rings. The van der Waals surface area contributed by atoms with Gasteiger partial charge < -0.3 is 4.90 Å². The van der Waals surface area contributed by atoms with Crippen LogP contribution in [-0.4, -0.2) is 13.1 Å². The van der Waals surface area contributed by atoms with Crippen LogP contribution in [0.2, 0.25) is 10.0 Å². The van der Waals surface area contributed by atoms with Crippen molar-refractivity contribution in [1.82, 2.24) is 0 Å². The Bertz CT molecular complexity index is 896. The van der Waals surface area contributed by atoms with Gasteiger partial charge in [-0.15, -0.1) is 5.11 Å². The van der Waals surface area contributed by atoms with Crippen molar-refractivity contribution in [3.8, 4) is 0 Å². The molecule has 0 spiro atoms. The number of halogens is 2. The number of hydrogen-bond donors (Lipinski definition) is 0. The normalized spacial score (nSPS) is 11.1. The Labute approximate surface area is 169 Å². The third-order valence-electron chi connectivity index (χ3n) is 4.18. The van der Waals surface area contributed by atoms with Gasteiger partial charge in [0, 0.05) is 29.4 Å². The molecule has 0 saturated carbocycles. The number of azo groups is 1. The number of pyridine rings is 1. The van der Waals surface area contributed by atoms with Crippen LogP contribution in [0.4, 0.5) is 17.1 Å². The zero-order chi connectivity index (χ0) is 19.1. The van der Waals surface area contributed by atoms with Crippen molar-refractivity contribution in [2.75, 3.05) is 18.0 Å². The summed E-state index contributed by atoms with van der Waals surface area (Å²) >= 11 is 12.0. The van der Waals surface area contributed by atoms with Gasteiger partial charge in [0.1, 0.15) is 5.69 Å². The van der Waals surface area contributed by atoms with Crippen LogP contribution in [0.15, 0.2) is 83.3 Å². The molecule has 0 atom stereocenters. The predicted octanol–water partition coefficient (Wildman–Crippen LogP) is 6.22. The summed E-state index contributed by atoms with van der Waals surface area (Å²) in [6.07, 6.45) is 4.17. The number of anilines is 1. The Balaban J connectivity index is 1.65. The highest BCUT2D eigenvalue weighted by Gasteiger charge is 2.07. The lowest BCUT2D eigenvalue weighted by atomic mass is 10.2. The molecule has 2 aromatic carbocycles. The molecule has 0 aliphatic heterocycles. The van der Waals surface area contributed by atoms with Gasteiger partial charge >= 0.3 is 0 Å². The lowest BCUT2D eigenvalue weighted by Crippen LogP contribution is -2.40. The summed E-state index contributed by atoms with van der Waals surface area (Å²) in [5.74, 6) is 0. The van der Waals surface area contributed by atoms with Gasteiger partial charge in [0.15, 0.2) is 18.9 Å². The minimum Gasteiger partial charge on any atom is -0.365 e. The minimum absolute atomic E-state index is 0.485. The van der Waals surface area contributed by atoms with E-state index in [2.05, 4.69) is 51.1 Å². The lowest BCUT2D eigenvalue weighted by molar-refractivity contribution is -0.694. The Morgan fingerprint density at radius 2 is 1.67 bits per heavy atom. The van der Waals surface area contributed by atoms with Gasteiger partial charge in [-0.25, -0.2) is 4.57 Å². The van der Waals surface area contributed by atoms with Gasteiger partial charge in [0.05, 0.1) is 17.3 Å². The largest absolute Gasteiger partial charge is 0.365 e. The molecular weight excluding hydrogens is 379 g/mol. The second-order valence-corrected chi connectivity index (χ2v) is 6.85. The average molecular weight is 400 g/mol. The van der Waals surface area contributed by atoms with Crippen LogP contribution in [0.1, 0.15) is 6.92 Å². The topological polar surface area (TPSA) is 31.8 Å². The fourth-order valence-corrected chi connectivity index (χ4v) is 3.14. The van der Waals surface area contributed by atoms with Gasteiger partial charge in [-0.3, -0.25) is 0 Å². The van der Waals surface area contributed by atoms with Gasteiger partial charge in [-0.2, -0.15) is 5.11 Å². The molecule has 1 aromatic heterocycles. The van der Waals surface area contributed by atoms with E-state index >= 15 is 0 Å². The van der Waals surface area contributed by atoms with E-state index in [4.69, 9.17) is 23.2 Å². The molecule has 0 fully saturated rings. The van der Waals surface area contributed by atoms with Crippen LogP contribution in [0.5, 0.6) is 0 Å². The zero-order valence-corrected chi connectivity index (χ0v) is 16.6. The zero-order valence-electron chi connectivity index (χ0n) is 15.1. The molecule has 6 heteroatoms. The van der Waals surface area contributed by atoms with Crippen molar-refractivity contribution in [2.45, 2.75) is 13.5 Å². The van der Waals surface area contributed by atoms with E-state index in [1.54, 1.807) is 18.2 Å². The fourth-order valence-electron chi connectivity index (χ4n) is 2.69. The second-order valence-electron chi connectivity index (χ2n) is 6.01. The van der Waals surface area contributed by atoms with Gasteiger partial charge in [0.2, 0.25) is 0 Å². The Hall–Kier alpha value is -2.43. The number of rotatable bonds is 7. The SMILES string of the molecule is CCN(CC[n+]1ccccc1)c1ccc(N=Nc2ccc(Cl)cc2Cl)cc1. The van der Waals surface area contributed by atoms with E-state index < -0.39 is 0 Å². The molecule has 138 valence electrons. The Morgan fingerprint density at radius 3 is 2.33 bits per heavy atom. The summed E-state index contributed by atoms with van der Waals surface area (Å²) in [7, 11) is 0. The predicted molar refractivity (Wildman–Crippen MR) is 112 cm³/mol. The maximum Gasteiger partial charge on any atom is 0.168 e. The molecule has 0 radical (unpaired) electrons. The van der Waals surface area contributed by atoms with Gasteiger partial charge in [-0.05, 0) is 49.4 Å². The molecule has 0 N–H and O–H groups in total. The second kappa shape index (κ2) is 9.49. The molecule has 0 unspecified atom stereocenters. The average Bonchev–Trinajstić information content (AvgIpc) is 2.69. The fraction of sp³-hybridized carbons (Fsp3) is 0.190. The number of benzene rings is 2. The Morgan fingerprint density at radius 1 is 0.926 bits per heavy atom. The van der Waals surface area contributed by atoms with Gasteiger partial charge in [0.25, 0.3) is 0 Å². The van der Waals surface area contributed by atoms with Crippen LogP contribution in [0.3, 0.4) is 0 Å². The number of aromatic nitrogens is 1. The van der Waals surface area contributed by atoms with Crippen molar-refractivity contribution in [2.24, 2.45) is 10.2 Å². The number of likely N-dealkylation sites (N-methyl/N-ethyl adjacent to an activating group) is 1. The molecule has 1 heterocycles. The Kier molecular flexibility index (Phi) is 6.80. The van der Waals surface area contributed by atoms with E-state index in [9.17, 15) is 0 Å². The molecule has 0 amide bonds. The van der Waals surface area contributed by atoms with Crippen molar-refractivity contribution >= 4 is 40.3 Å². The van der Waals surface area contributed by atoms with E-state index in [0.717, 1.165) is 31.0 Å². The lowest BCUT2D eigenvalue weighted by Gasteiger charge is -2.21. The smallest absolute Gasteiger partial charge is 0.168 e. The maximum absolute atomic E-state index is 6.12. The van der Waals surface area contributed by atoms with Crippen LogP contribution in [-0.2, 0) is 6.54 Å². The third-order valence-corrected chi connectivity index (χ3v) is 4.72. The van der Waals surface area contributed by atoms with Gasteiger partial charge in [-0.1, -0.05) is 29.3 Å². The summed E-state index contributed by atoms with van der Waals surface area (Å²) in [6, 6.07) is 19.3. The summed E-state index contributed by atoms with van der Waals surface area (Å²) in [6.45, 7) is 4.97. The molecule has 3 aromatic rings. The van der Waals surface area contributed by atoms with Crippen molar-refractivity contribution in [1.29, 1.82) is 0 Å². The molecule has 0 aliphatic carbocycles. The van der Waals surface area contributed by atoms with Crippen molar-refractivity contribution in [3.63, 3.8) is 0 Å². The molecule has 0 saturated heterocycles. The summed E-state index contributed by atoms with van der Waals surface area (Å²) in [4.78, 5) is 2.33. The molecule has 4 nitrogen and oxygen atoms in total. The highest BCUT2D eigenvalue weighted by Crippen LogP contribution is 2.29. The highest BCUT2D eigenvalue weighted by molar-refractivity contribution is 6.36. The van der Waals surface area contributed by atoms with Crippen LogP contribution < -0.4 is 9.47 Å². The van der Waals surface area contributed by atoms with E-state index in [0.29, 0.717) is 15.7 Å². The van der Waals surface area contributed by atoms with Crippen molar-refractivity contribution < 1.29 is 4.57 Å². The monoisotopic (exact) mass is 399 g/mol. The maximum atomic E-state index is 6.12. The standard InChI is InChI=1S/C21H21Cl2N4/c1-2-27(15-14-26-12-4-3-5-13-26)19-9-7-18(8-10-19)24-25-21-11-6-17(22)16-20(21)23/h3-13,16H,2,14-15H2,1H3/q+1. The third kappa shape index (κ3) is 5.52. The molecule has 0 bridgehead atoms. The van der Waals surface area contributed by atoms with Crippen molar-refractivity contribution in [3.05, 3.63) is 83.1 Å². The first-order valence-electron chi connectivity index (χ1n) is 8.81. The van der Waals surface area contributed by atoms with Crippen LogP contribution in [0.25, 0.3) is 0 Å². The van der Waals surface area contributed by atoms with E-state index in [1.165, 1.54) is 0 Å². The quantitative estimate of drug-likeness (QED) is 0.342.